The molecular weight excluding hydrogens is 360 g/mol. The Labute approximate surface area is 167 Å². The summed E-state index contributed by atoms with van der Waals surface area (Å²) in [6.45, 7) is 1.92. The van der Waals surface area contributed by atoms with Crippen molar-refractivity contribution in [2.24, 2.45) is 4.99 Å². The van der Waals surface area contributed by atoms with Crippen molar-refractivity contribution < 1.29 is 8.98 Å². The number of aryl methyl sites for hydroxylation is 1. The predicted octanol–water partition coefficient (Wildman–Crippen LogP) is 4.90. The fraction of sp³-hybridized carbons (Fsp3) is 0.0417. The van der Waals surface area contributed by atoms with Crippen LogP contribution in [-0.4, -0.2) is 11.2 Å². The standard InChI is InChI=1S/C24H18N4O/c1-16-7-10-20(29-16)15-26-18-9-12-22-24(14-18)28(19-5-3-2-4-6-19)23-13-17(25)8-11-21(23)27-22/h2-15,25H,1H3/p+1/b26-15-. The minimum atomic E-state index is 0.700. The predicted molar refractivity (Wildman–Crippen MR) is 116 cm³/mol. The van der Waals surface area contributed by atoms with Gasteiger partial charge < -0.3 is 10.2 Å². The minimum Gasteiger partial charge on any atom is -0.460 e. The second-order valence-electron chi connectivity index (χ2n) is 6.91. The van der Waals surface area contributed by atoms with Crippen LogP contribution in [0.2, 0.25) is 0 Å². The normalized spacial score (nSPS) is 11.6. The summed E-state index contributed by atoms with van der Waals surface area (Å²) in [5.74, 6) is 1.59. The molecule has 0 radical (unpaired) electrons. The van der Waals surface area contributed by atoms with E-state index in [2.05, 4.69) is 21.7 Å². The molecule has 2 aromatic heterocycles. The molecule has 0 fully saturated rings. The summed E-state index contributed by atoms with van der Waals surface area (Å²) in [7, 11) is 0. The molecule has 5 rings (SSSR count). The number of hydrogen-bond donors (Lipinski definition) is 1. The van der Waals surface area contributed by atoms with Gasteiger partial charge in [-0.25, -0.2) is 4.98 Å². The van der Waals surface area contributed by atoms with Crippen molar-refractivity contribution in [3.8, 4) is 5.69 Å². The van der Waals surface area contributed by atoms with Gasteiger partial charge in [-0.3, -0.25) is 4.99 Å². The van der Waals surface area contributed by atoms with E-state index in [4.69, 9.17) is 15.1 Å². The molecule has 29 heavy (non-hydrogen) atoms. The first-order chi connectivity index (χ1) is 14.2. The fourth-order valence-corrected chi connectivity index (χ4v) is 3.46. The average molecular weight is 379 g/mol. The molecule has 3 aromatic carbocycles. The summed E-state index contributed by atoms with van der Waals surface area (Å²) in [5, 5.41) is 0. The van der Waals surface area contributed by atoms with Gasteiger partial charge in [0.25, 0.3) is 0 Å². The summed E-state index contributed by atoms with van der Waals surface area (Å²) in [6, 6.07) is 25.8. The van der Waals surface area contributed by atoms with Gasteiger partial charge in [-0.2, -0.15) is 0 Å². The first kappa shape index (κ1) is 17.1. The highest BCUT2D eigenvalue weighted by molar-refractivity contribution is 5.86. The highest BCUT2D eigenvalue weighted by Crippen LogP contribution is 2.23. The number of nitrogens with two attached hydrogens (primary N) is 1. The zero-order valence-corrected chi connectivity index (χ0v) is 15.9. The van der Waals surface area contributed by atoms with Crippen LogP contribution in [0, 0.1) is 6.92 Å². The maximum atomic E-state index is 6.08. The summed E-state index contributed by atoms with van der Waals surface area (Å²) in [4.78, 5) is 9.41. The van der Waals surface area contributed by atoms with Gasteiger partial charge in [0.05, 0.1) is 11.9 Å². The highest BCUT2D eigenvalue weighted by Gasteiger charge is 2.19. The number of hydrogen-bond acceptors (Lipinski definition) is 4. The van der Waals surface area contributed by atoms with Crippen molar-refractivity contribution >= 4 is 39.7 Å². The molecule has 0 spiro atoms. The lowest BCUT2D eigenvalue weighted by Gasteiger charge is -2.06. The highest BCUT2D eigenvalue weighted by atomic mass is 16.3. The van der Waals surface area contributed by atoms with Gasteiger partial charge in [-0.1, -0.05) is 18.2 Å². The maximum absolute atomic E-state index is 6.08. The molecule has 140 valence electrons. The topological polar surface area (TPSA) is 68.3 Å². The smallest absolute Gasteiger partial charge is 0.239 e. The fourth-order valence-electron chi connectivity index (χ4n) is 3.46. The largest absolute Gasteiger partial charge is 0.460 e. The second kappa shape index (κ2) is 6.87. The van der Waals surface area contributed by atoms with Crippen LogP contribution in [0.3, 0.4) is 0 Å². The molecular formula is C24H19N4O+. The number of fused-ring (bicyclic) bond motifs is 2. The third-order valence-electron chi connectivity index (χ3n) is 4.80. The average Bonchev–Trinajstić information content (AvgIpc) is 3.16. The van der Waals surface area contributed by atoms with Crippen LogP contribution in [0.15, 0.2) is 88.3 Å². The van der Waals surface area contributed by atoms with E-state index in [1.807, 2.05) is 73.7 Å². The third kappa shape index (κ3) is 3.23. The Kier molecular flexibility index (Phi) is 4.06. The molecule has 0 bridgehead atoms. The Balaban J connectivity index is 1.75. The molecule has 5 nitrogen and oxygen atoms in total. The van der Waals surface area contributed by atoms with Gasteiger partial charge in [0.1, 0.15) is 22.6 Å². The summed E-state index contributed by atoms with van der Waals surface area (Å²) in [5.41, 5.74) is 12.3. The molecule has 2 heterocycles. The quantitative estimate of drug-likeness (QED) is 0.210. The molecule has 5 aromatic rings. The molecule has 0 aliphatic carbocycles. The zero-order valence-electron chi connectivity index (χ0n) is 15.9. The molecule has 0 aliphatic rings. The minimum absolute atomic E-state index is 0.700. The van der Waals surface area contributed by atoms with Crippen LogP contribution < -0.4 is 10.3 Å². The first-order valence-corrected chi connectivity index (χ1v) is 9.38. The van der Waals surface area contributed by atoms with Gasteiger partial charge >= 0.3 is 0 Å². The van der Waals surface area contributed by atoms with E-state index in [1.165, 1.54) is 0 Å². The van der Waals surface area contributed by atoms with E-state index in [9.17, 15) is 0 Å². The molecule has 0 atom stereocenters. The van der Waals surface area contributed by atoms with Crippen molar-refractivity contribution in [3.63, 3.8) is 0 Å². The van der Waals surface area contributed by atoms with E-state index >= 15 is 0 Å². The Morgan fingerprint density at radius 3 is 2.41 bits per heavy atom. The molecule has 0 saturated heterocycles. The number of para-hydroxylation sites is 1. The SMILES string of the molecule is Cc1ccc(/C=N\c2ccc3nc4ccc(N)cc4[n+](-c4ccccc4)c3c2)o1. The molecule has 0 amide bonds. The van der Waals surface area contributed by atoms with Crippen molar-refractivity contribution in [1.29, 1.82) is 0 Å². The van der Waals surface area contributed by atoms with E-state index in [0.717, 1.165) is 45.0 Å². The van der Waals surface area contributed by atoms with E-state index < -0.39 is 0 Å². The Bertz CT molecular complexity index is 1370. The molecule has 2 N–H and O–H groups in total. The number of furan rings is 1. The van der Waals surface area contributed by atoms with Crippen LogP contribution in [0.25, 0.3) is 27.8 Å². The molecule has 0 aliphatic heterocycles. The number of benzene rings is 3. The van der Waals surface area contributed by atoms with Crippen LogP contribution in [0.4, 0.5) is 11.4 Å². The van der Waals surface area contributed by atoms with Gasteiger partial charge in [0.15, 0.2) is 0 Å². The molecule has 5 heteroatoms. The van der Waals surface area contributed by atoms with Crippen molar-refractivity contribution in [3.05, 3.63) is 90.4 Å². The summed E-state index contributed by atoms with van der Waals surface area (Å²) in [6.07, 6.45) is 1.73. The van der Waals surface area contributed by atoms with E-state index in [1.54, 1.807) is 6.21 Å². The molecule has 0 unspecified atom stereocenters. The molecule has 0 saturated carbocycles. The first-order valence-electron chi connectivity index (χ1n) is 9.38. The van der Waals surface area contributed by atoms with Crippen molar-refractivity contribution in [2.75, 3.05) is 5.73 Å². The number of rotatable bonds is 3. The lowest BCUT2D eigenvalue weighted by Crippen LogP contribution is -2.33. The summed E-state index contributed by atoms with van der Waals surface area (Å²) < 4.78 is 7.75. The van der Waals surface area contributed by atoms with Crippen LogP contribution >= 0.6 is 0 Å². The Morgan fingerprint density at radius 1 is 0.897 bits per heavy atom. The van der Waals surface area contributed by atoms with Crippen LogP contribution in [-0.2, 0) is 0 Å². The van der Waals surface area contributed by atoms with Crippen LogP contribution in [0.1, 0.15) is 11.5 Å². The number of anilines is 1. The lowest BCUT2D eigenvalue weighted by molar-refractivity contribution is -0.538. The number of nitrogens with zero attached hydrogens (tertiary/aromatic N) is 3. The zero-order chi connectivity index (χ0) is 19.8. The van der Waals surface area contributed by atoms with Crippen LogP contribution in [0.5, 0.6) is 0 Å². The number of aliphatic imine (C=N–C) groups is 1. The lowest BCUT2D eigenvalue weighted by atomic mass is 10.2. The van der Waals surface area contributed by atoms with E-state index in [-0.39, 0.29) is 0 Å². The summed E-state index contributed by atoms with van der Waals surface area (Å²) >= 11 is 0. The Hall–Kier alpha value is -3.99. The van der Waals surface area contributed by atoms with Crippen molar-refractivity contribution in [2.45, 2.75) is 6.92 Å². The van der Waals surface area contributed by atoms with Gasteiger partial charge in [0, 0.05) is 30.0 Å². The number of aromatic nitrogens is 2. The van der Waals surface area contributed by atoms with Crippen molar-refractivity contribution in [1.82, 2.24) is 4.98 Å². The maximum Gasteiger partial charge on any atom is 0.239 e. The van der Waals surface area contributed by atoms with Gasteiger partial charge in [0.2, 0.25) is 16.7 Å². The third-order valence-corrected chi connectivity index (χ3v) is 4.80. The van der Waals surface area contributed by atoms with Gasteiger partial charge in [-0.15, -0.1) is 4.57 Å². The van der Waals surface area contributed by atoms with E-state index in [0.29, 0.717) is 5.69 Å². The monoisotopic (exact) mass is 379 g/mol. The second-order valence-corrected chi connectivity index (χ2v) is 6.91. The Morgan fingerprint density at radius 2 is 1.66 bits per heavy atom. The van der Waals surface area contributed by atoms with Gasteiger partial charge in [-0.05, 0) is 43.3 Å². The number of nitrogen functional groups attached to an aromatic ring is 1.